The molecule has 1 radical (unpaired) electrons. The number of likely N-dealkylation sites (N-methyl/N-ethyl adjacent to an activating group) is 1. The number of aryl methyl sites for hydroxylation is 1. The van der Waals surface area contributed by atoms with Gasteiger partial charge in [-0.3, -0.25) is 14.6 Å². The second kappa shape index (κ2) is 11.1. The zero-order valence-corrected chi connectivity index (χ0v) is 28.4. The number of aliphatic hydroxyl groups excluding tert-OH is 1. The fourth-order valence-corrected chi connectivity index (χ4v) is 7.38. The van der Waals surface area contributed by atoms with Gasteiger partial charge in [-0.1, -0.05) is 13.0 Å². The molecule has 10 nitrogen and oxygen atoms in total. The molecule has 0 aliphatic carbocycles. The smallest absolute Gasteiger partial charge is 0.231 e. The maximum absolute atomic E-state index is 12.6. The Morgan fingerprint density at radius 2 is 1.85 bits per heavy atom. The van der Waals surface area contributed by atoms with Crippen LogP contribution in [0.25, 0.3) is 0 Å². The second-order valence-corrected chi connectivity index (χ2v) is 11.2. The van der Waals surface area contributed by atoms with Crippen molar-refractivity contribution in [1.29, 1.82) is 0 Å². The van der Waals surface area contributed by atoms with Gasteiger partial charge < -0.3 is 34.8 Å². The molecule has 6 rings (SSSR count). The van der Waals surface area contributed by atoms with Gasteiger partial charge in [0.2, 0.25) is 12.7 Å². The average Bonchev–Trinajstić information content (AvgIpc) is 3.39. The Hall–Kier alpha value is -1.77. The number of phenolic OH excluding ortho intramolecular Hbond substituents is 2. The number of amides is 1. The molecule has 4 N–H and O–H groups in total. The van der Waals surface area contributed by atoms with Crippen LogP contribution in [0, 0.1) is 57.9 Å². The third-order valence-electron chi connectivity index (χ3n) is 9.09. The van der Waals surface area contributed by atoms with Gasteiger partial charge in [0.15, 0.2) is 23.0 Å². The summed E-state index contributed by atoms with van der Waals surface area (Å²) in [4.78, 5) is 16.8. The summed E-state index contributed by atoms with van der Waals surface area (Å²) in [5.74, 6) is 1.69. The Balaban J connectivity index is 0.00000323. The van der Waals surface area contributed by atoms with E-state index in [0.29, 0.717) is 42.1 Å². The molecule has 2 bridgehead atoms. The number of nitrogens with zero attached hydrogens (tertiary/aromatic N) is 2. The summed E-state index contributed by atoms with van der Waals surface area (Å²) in [6.07, 6.45) is 1.21. The molecule has 0 saturated carbocycles. The number of carbonyl (C=O) groups is 1. The fourth-order valence-electron chi connectivity index (χ4n) is 7.38. The van der Waals surface area contributed by atoms with E-state index in [1.807, 2.05) is 27.0 Å². The minimum absolute atomic E-state index is 0. The van der Waals surface area contributed by atoms with Crippen molar-refractivity contribution in [2.24, 2.45) is 0 Å². The molecule has 0 spiro atoms. The molecular weight excluding hydrogens is 729 g/mol. The Labute approximate surface area is 270 Å². The number of ether oxygens (including phenoxy) is 3. The van der Waals surface area contributed by atoms with Gasteiger partial charge in [-0.2, -0.15) is 0 Å². The third-order valence-corrected chi connectivity index (χ3v) is 9.09. The van der Waals surface area contributed by atoms with Crippen LogP contribution in [-0.2, 0) is 17.6 Å². The Morgan fingerprint density at radius 1 is 1.12 bits per heavy atom. The van der Waals surface area contributed by atoms with E-state index < -0.39 is 12.3 Å². The van der Waals surface area contributed by atoms with Crippen molar-refractivity contribution in [3.05, 3.63) is 39.4 Å². The molecular formula is C29H37AcN3O7. The maximum atomic E-state index is 12.6. The molecule has 213 valence electrons. The van der Waals surface area contributed by atoms with Gasteiger partial charge >= 0.3 is 0 Å². The quantitative estimate of drug-likeness (QED) is 0.364. The average molecular weight is 767 g/mol. The van der Waals surface area contributed by atoms with Crippen molar-refractivity contribution in [3.63, 3.8) is 0 Å². The molecule has 4 heterocycles. The number of aliphatic hydroxyl groups is 1. The van der Waals surface area contributed by atoms with Crippen LogP contribution in [0.1, 0.15) is 65.2 Å². The third kappa shape index (κ3) is 4.30. The zero-order valence-electron chi connectivity index (χ0n) is 23.7. The van der Waals surface area contributed by atoms with Crippen molar-refractivity contribution >= 4 is 5.91 Å². The van der Waals surface area contributed by atoms with Crippen molar-refractivity contribution in [1.82, 2.24) is 15.1 Å². The van der Waals surface area contributed by atoms with Gasteiger partial charge in [-0.05, 0) is 51.3 Å². The first-order valence-corrected chi connectivity index (χ1v) is 13.7. The number of piperazine rings is 1. The summed E-state index contributed by atoms with van der Waals surface area (Å²) in [5, 5.41) is 37.9. The molecule has 40 heavy (non-hydrogen) atoms. The summed E-state index contributed by atoms with van der Waals surface area (Å²) in [5.41, 5.74) is 4.68. The number of nitrogens with one attached hydrogen (secondary N) is 1. The molecule has 1 saturated heterocycles. The van der Waals surface area contributed by atoms with Gasteiger partial charge in [0, 0.05) is 85.3 Å². The number of aromatic hydroxyl groups is 2. The van der Waals surface area contributed by atoms with Crippen LogP contribution in [0.2, 0.25) is 0 Å². The first-order valence-electron chi connectivity index (χ1n) is 13.7. The first kappa shape index (κ1) is 29.7. The predicted molar refractivity (Wildman–Crippen MR) is 142 cm³/mol. The van der Waals surface area contributed by atoms with Crippen LogP contribution in [-0.4, -0.2) is 76.8 Å². The van der Waals surface area contributed by atoms with Gasteiger partial charge in [0.1, 0.15) is 12.0 Å². The number of fused-ring (bicyclic) bond motifs is 9. The van der Waals surface area contributed by atoms with E-state index in [0.717, 1.165) is 34.2 Å². The second-order valence-electron chi connectivity index (χ2n) is 11.2. The number of hydrogen-bond acceptors (Lipinski definition) is 9. The summed E-state index contributed by atoms with van der Waals surface area (Å²) < 4.78 is 17.3. The van der Waals surface area contributed by atoms with Crippen LogP contribution < -0.4 is 19.5 Å². The van der Waals surface area contributed by atoms with E-state index in [-0.39, 0.29) is 92.9 Å². The van der Waals surface area contributed by atoms with E-state index in [1.165, 1.54) is 0 Å². The van der Waals surface area contributed by atoms with Crippen molar-refractivity contribution in [2.45, 2.75) is 76.8 Å². The number of methoxy groups -OCH3 is 1. The molecule has 1 fully saturated rings. The topological polar surface area (TPSA) is 124 Å². The van der Waals surface area contributed by atoms with Crippen molar-refractivity contribution in [2.75, 3.05) is 27.5 Å². The van der Waals surface area contributed by atoms with E-state index in [9.17, 15) is 20.1 Å². The molecule has 1 unspecified atom stereocenters. The molecule has 11 heteroatoms. The monoisotopic (exact) mass is 766 g/mol. The summed E-state index contributed by atoms with van der Waals surface area (Å²) in [6.45, 7) is 5.94. The fraction of sp³-hybridized carbons (Fsp3) is 0.552. The largest absolute Gasteiger partial charge is 0.507 e. The van der Waals surface area contributed by atoms with Crippen LogP contribution in [0.4, 0.5) is 0 Å². The van der Waals surface area contributed by atoms with E-state index >= 15 is 0 Å². The summed E-state index contributed by atoms with van der Waals surface area (Å²) in [7, 11) is 3.53. The Bertz CT molecular complexity index is 1350. The van der Waals surface area contributed by atoms with Crippen LogP contribution in [0.5, 0.6) is 28.7 Å². The molecule has 2 aromatic carbocycles. The molecule has 5 atom stereocenters. The molecule has 2 aromatic rings. The van der Waals surface area contributed by atoms with E-state index in [4.69, 9.17) is 14.2 Å². The summed E-state index contributed by atoms with van der Waals surface area (Å²) in [6, 6.07) is 0.716. The standard InChI is InChI=1S/C29H37N3O7.Ac/c1-6-7-20(33)30-11-19-22-16(24(34)14(3)27-28(22)39-12-38-27)10-17-23-21-15(8-13(2)26(37-5)25(21)35)9-18(31(23)4)29(36)32(17)19;/h8,17-19,23,29,34-36H,6-7,9-12H2,1-5H3,(H,30,33);/t17?,18-,19-,23-,29-;/m0./s1. The van der Waals surface area contributed by atoms with Crippen LogP contribution >= 0.6 is 0 Å². The number of phenols is 2. The minimum atomic E-state index is -0.864. The molecule has 1 amide bonds. The maximum Gasteiger partial charge on any atom is 0.231 e. The first-order chi connectivity index (χ1) is 18.7. The predicted octanol–water partition coefficient (Wildman–Crippen LogP) is 2.57. The number of carbonyl (C=O) groups excluding carboxylic acids is 1. The number of benzene rings is 2. The molecule has 0 aromatic heterocycles. The van der Waals surface area contributed by atoms with Crippen LogP contribution in [0.3, 0.4) is 0 Å². The minimum Gasteiger partial charge on any atom is -0.507 e. The van der Waals surface area contributed by atoms with E-state index in [2.05, 4.69) is 15.1 Å². The Kier molecular flexibility index (Phi) is 8.28. The van der Waals surface area contributed by atoms with Gasteiger partial charge in [-0.15, -0.1) is 0 Å². The normalized spacial score (nSPS) is 26.3. The van der Waals surface area contributed by atoms with Gasteiger partial charge in [0.05, 0.1) is 25.2 Å². The van der Waals surface area contributed by atoms with Crippen molar-refractivity contribution in [3.8, 4) is 28.7 Å². The van der Waals surface area contributed by atoms with Gasteiger partial charge in [-0.25, -0.2) is 0 Å². The Morgan fingerprint density at radius 3 is 2.55 bits per heavy atom. The van der Waals surface area contributed by atoms with Crippen LogP contribution in [0.15, 0.2) is 6.07 Å². The SMILES string of the molecule is CCCC(=O)NC[C@H]1c2c(c(O)c(C)c3c2OCO3)CC2[C@H]3c4c(cc(C)c(OC)c4O)C[C@@H]([C@H](O)N21)N3C.[Ac]. The number of hydrogen-bond donors (Lipinski definition) is 4. The van der Waals surface area contributed by atoms with E-state index in [1.54, 1.807) is 14.0 Å². The summed E-state index contributed by atoms with van der Waals surface area (Å²) >= 11 is 0. The number of rotatable bonds is 5. The van der Waals surface area contributed by atoms with Gasteiger partial charge in [0.25, 0.3) is 0 Å². The molecule has 4 aliphatic rings. The zero-order chi connectivity index (χ0) is 27.7. The van der Waals surface area contributed by atoms with Crippen molar-refractivity contribution < 1.29 is 78.4 Å². The molecule has 4 aliphatic heterocycles.